The number of aliphatic hydroxyl groups excluding tert-OH is 1. The van der Waals surface area contributed by atoms with Gasteiger partial charge in [0.15, 0.2) is 0 Å². The standard InChI is InChI=1S/C24H20ClN3O7S/c1-34-18-12-17(25)19(35-2)11-16(18)22(29)20-21(13-7-9-27-10-8-13)28(24(31)23(20)30)14-3-5-15(6-4-14)36(26,32)33/h3-12,21,29H,1-2H3,(H2,26,32,33)/b22-20+. The van der Waals surface area contributed by atoms with Crippen LogP contribution >= 0.6 is 11.6 Å². The van der Waals surface area contributed by atoms with Gasteiger partial charge >= 0.3 is 0 Å². The number of Topliss-reactive ketones (excluding diaryl/α,β-unsaturated/α-hetero) is 1. The number of methoxy groups -OCH3 is 2. The number of halogens is 1. The SMILES string of the molecule is COc1cc(/C(O)=C2\C(=O)C(=O)N(c3ccc(S(N)(=O)=O)cc3)C2c2ccncc2)c(OC)cc1Cl. The minimum atomic E-state index is -3.98. The maximum Gasteiger partial charge on any atom is 0.300 e. The Bertz CT molecular complexity index is 1490. The first-order valence-electron chi connectivity index (χ1n) is 10.3. The van der Waals surface area contributed by atoms with Gasteiger partial charge in [0.25, 0.3) is 11.7 Å². The van der Waals surface area contributed by atoms with E-state index in [-0.39, 0.29) is 38.2 Å². The molecule has 1 unspecified atom stereocenters. The van der Waals surface area contributed by atoms with E-state index < -0.39 is 33.5 Å². The Hall–Kier alpha value is -3.93. The van der Waals surface area contributed by atoms with E-state index in [9.17, 15) is 23.1 Å². The van der Waals surface area contributed by atoms with Gasteiger partial charge < -0.3 is 14.6 Å². The van der Waals surface area contributed by atoms with Crippen molar-refractivity contribution in [2.45, 2.75) is 10.9 Å². The zero-order valence-corrected chi connectivity index (χ0v) is 20.6. The summed E-state index contributed by atoms with van der Waals surface area (Å²) in [5.41, 5.74) is 0.553. The number of nitrogens with zero attached hydrogens (tertiary/aromatic N) is 2. The van der Waals surface area contributed by atoms with E-state index in [1.165, 1.54) is 63.0 Å². The summed E-state index contributed by atoms with van der Waals surface area (Å²) in [5, 5.41) is 16.8. The maximum atomic E-state index is 13.3. The molecule has 186 valence electrons. The fraction of sp³-hybridized carbons (Fsp3) is 0.125. The van der Waals surface area contributed by atoms with Crippen molar-refractivity contribution >= 4 is 44.8 Å². The smallest absolute Gasteiger partial charge is 0.300 e. The molecular formula is C24H20ClN3O7S. The van der Waals surface area contributed by atoms with Gasteiger partial charge in [0.1, 0.15) is 17.3 Å². The van der Waals surface area contributed by atoms with Crippen LogP contribution in [0.4, 0.5) is 5.69 Å². The molecule has 0 radical (unpaired) electrons. The summed E-state index contributed by atoms with van der Waals surface area (Å²) in [5.74, 6) is -2.03. The van der Waals surface area contributed by atoms with Gasteiger partial charge in [-0.2, -0.15) is 0 Å². The van der Waals surface area contributed by atoms with Crippen LogP contribution in [0.3, 0.4) is 0 Å². The number of carbonyl (C=O) groups excluding carboxylic acids is 2. The summed E-state index contributed by atoms with van der Waals surface area (Å²) < 4.78 is 33.9. The van der Waals surface area contributed by atoms with Crippen molar-refractivity contribution in [3.05, 3.63) is 82.6 Å². The van der Waals surface area contributed by atoms with E-state index in [1.54, 1.807) is 12.1 Å². The number of ether oxygens (including phenoxy) is 2. The molecule has 1 fully saturated rings. The normalized spacial score (nSPS) is 17.3. The average molecular weight is 530 g/mol. The zero-order valence-electron chi connectivity index (χ0n) is 19.0. The molecule has 0 bridgehead atoms. The van der Waals surface area contributed by atoms with Gasteiger partial charge in [-0.15, -0.1) is 0 Å². The van der Waals surface area contributed by atoms with Gasteiger partial charge in [0, 0.05) is 24.1 Å². The van der Waals surface area contributed by atoms with E-state index >= 15 is 0 Å². The lowest BCUT2D eigenvalue weighted by Crippen LogP contribution is -2.29. The Labute approximate surface area is 211 Å². The number of hydrogen-bond donors (Lipinski definition) is 2. The topological polar surface area (TPSA) is 149 Å². The number of benzene rings is 2. The first-order valence-corrected chi connectivity index (χ1v) is 12.3. The van der Waals surface area contributed by atoms with Crippen molar-refractivity contribution in [2.75, 3.05) is 19.1 Å². The van der Waals surface area contributed by atoms with Crippen LogP contribution in [0.1, 0.15) is 17.2 Å². The molecule has 12 heteroatoms. The predicted molar refractivity (Wildman–Crippen MR) is 131 cm³/mol. The quantitative estimate of drug-likeness (QED) is 0.281. The molecule has 1 saturated heterocycles. The first kappa shape index (κ1) is 25.2. The van der Waals surface area contributed by atoms with Gasteiger partial charge in [-0.25, -0.2) is 13.6 Å². The molecule has 1 amide bonds. The van der Waals surface area contributed by atoms with E-state index in [4.69, 9.17) is 26.2 Å². The van der Waals surface area contributed by atoms with Crippen LogP contribution in [0, 0.1) is 0 Å². The van der Waals surface area contributed by atoms with E-state index in [0.717, 1.165) is 4.90 Å². The molecule has 0 aliphatic carbocycles. The fourth-order valence-corrected chi connectivity index (χ4v) is 4.69. The number of pyridine rings is 1. The largest absolute Gasteiger partial charge is 0.507 e. The van der Waals surface area contributed by atoms with Crippen LogP contribution in [0.5, 0.6) is 11.5 Å². The Morgan fingerprint density at radius 2 is 1.64 bits per heavy atom. The average Bonchev–Trinajstić information content (AvgIpc) is 3.13. The van der Waals surface area contributed by atoms with Crippen molar-refractivity contribution in [2.24, 2.45) is 5.14 Å². The summed E-state index contributed by atoms with van der Waals surface area (Å²) >= 11 is 6.18. The number of aromatic nitrogens is 1. The van der Waals surface area contributed by atoms with Crippen molar-refractivity contribution in [3.63, 3.8) is 0 Å². The summed E-state index contributed by atoms with van der Waals surface area (Å²) in [7, 11) is -1.23. The molecule has 3 N–H and O–H groups in total. The number of anilines is 1. The minimum absolute atomic E-state index is 0.0837. The summed E-state index contributed by atoms with van der Waals surface area (Å²) in [4.78, 5) is 31.5. The van der Waals surface area contributed by atoms with E-state index in [2.05, 4.69) is 4.98 Å². The molecule has 1 aliphatic rings. The molecule has 3 aromatic rings. The van der Waals surface area contributed by atoms with Gasteiger partial charge in [-0.3, -0.25) is 19.5 Å². The maximum absolute atomic E-state index is 13.3. The van der Waals surface area contributed by atoms with Crippen LogP contribution in [0.2, 0.25) is 5.02 Å². The van der Waals surface area contributed by atoms with Crippen LogP contribution in [0.25, 0.3) is 5.76 Å². The van der Waals surface area contributed by atoms with E-state index in [0.29, 0.717) is 5.56 Å². The number of sulfonamides is 1. The van der Waals surface area contributed by atoms with Gasteiger partial charge in [-0.05, 0) is 48.0 Å². The van der Waals surface area contributed by atoms with Crippen LogP contribution in [-0.4, -0.2) is 44.4 Å². The number of nitrogens with two attached hydrogens (primary N) is 1. The van der Waals surface area contributed by atoms with Crippen molar-refractivity contribution < 1.29 is 32.6 Å². The molecular weight excluding hydrogens is 510 g/mol. The second kappa shape index (κ2) is 9.61. The van der Waals surface area contributed by atoms with Gasteiger partial charge in [-0.1, -0.05) is 11.6 Å². The van der Waals surface area contributed by atoms with Crippen LogP contribution in [0.15, 0.2) is 71.4 Å². The number of hydrogen-bond acceptors (Lipinski definition) is 8. The fourth-order valence-electron chi connectivity index (χ4n) is 3.95. The van der Waals surface area contributed by atoms with Crippen molar-refractivity contribution in [1.82, 2.24) is 4.98 Å². The number of ketones is 1. The summed E-state index contributed by atoms with van der Waals surface area (Å²) in [6.07, 6.45) is 2.96. The van der Waals surface area contributed by atoms with Gasteiger partial charge in [0.05, 0.1) is 41.3 Å². The molecule has 36 heavy (non-hydrogen) atoms. The molecule has 1 aromatic heterocycles. The molecule has 2 heterocycles. The third-order valence-corrected chi connectivity index (χ3v) is 6.86. The Morgan fingerprint density at radius 3 is 2.19 bits per heavy atom. The minimum Gasteiger partial charge on any atom is -0.507 e. The summed E-state index contributed by atoms with van der Waals surface area (Å²) in [6.45, 7) is 0. The number of amides is 1. The van der Waals surface area contributed by atoms with Crippen LogP contribution < -0.4 is 19.5 Å². The number of aliphatic hydroxyl groups is 1. The molecule has 2 aromatic carbocycles. The van der Waals surface area contributed by atoms with Crippen molar-refractivity contribution in [1.29, 1.82) is 0 Å². The lowest BCUT2D eigenvalue weighted by atomic mass is 9.95. The third-order valence-electron chi connectivity index (χ3n) is 5.64. The van der Waals surface area contributed by atoms with E-state index in [1.807, 2.05) is 0 Å². The lowest BCUT2D eigenvalue weighted by molar-refractivity contribution is -0.132. The summed E-state index contributed by atoms with van der Waals surface area (Å²) in [6, 6.07) is 10.1. The lowest BCUT2D eigenvalue weighted by Gasteiger charge is -2.25. The predicted octanol–water partition coefficient (Wildman–Crippen LogP) is 3.03. The first-order chi connectivity index (χ1) is 17.1. The number of rotatable bonds is 6. The Balaban J connectivity index is 1.96. The third kappa shape index (κ3) is 4.39. The monoisotopic (exact) mass is 529 g/mol. The van der Waals surface area contributed by atoms with Gasteiger partial charge in [0.2, 0.25) is 10.0 Å². The Kier molecular flexibility index (Phi) is 6.72. The highest BCUT2D eigenvalue weighted by atomic mass is 35.5. The highest BCUT2D eigenvalue weighted by molar-refractivity contribution is 7.89. The Morgan fingerprint density at radius 1 is 1.03 bits per heavy atom. The zero-order chi connectivity index (χ0) is 26.2. The molecule has 4 rings (SSSR count). The molecule has 0 spiro atoms. The molecule has 0 saturated carbocycles. The van der Waals surface area contributed by atoms with Crippen LogP contribution in [-0.2, 0) is 19.6 Å². The second-order valence-electron chi connectivity index (χ2n) is 7.68. The molecule has 1 atom stereocenters. The van der Waals surface area contributed by atoms with Crippen molar-refractivity contribution in [3.8, 4) is 11.5 Å². The number of carbonyl (C=O) groups is 2. The number of primary sulfonamides is 1. The second-order valence-corrected chi connectivity index (χ2v) is 9.64. The molecule has 10 nitrogen and oxygen atoms in total. The molecule has 1 aliphatic heterocycles. The highest BCUT2D eigenvalue weighted by Crippen LogP contribution is 2.44. The highest BCUT2D eigenvalue weighted by Gasteiger charge is 2.47.